The Hall–Kier alpha value is -1.88. The molecule has 25 heavy (non-hydrogen) atoms. The van der Waals surface area contributed by atoms with E-state index in [1.54, 1.807) is 4.90 Å². The molecule has 0 unspecified atom stereocenters. The number of likely N-dealkylation sites (tertiary alicyclic amines) is 2. The molecule has 2 aliphatic rings. The van der Waals surface area contributed by atoms with Crippen molar-refractivity contribution in [1.29, 1.82) is 0 Å². The Bertz CT molecular complexity index is 591. The zero-order valence-corrected chi connectivity index (χ0v) is 15.2. The smallest absolute Gasteiger partial charge is 0.251 e. The predicted octanol–water partition coefficient (Wildman–Crippen LogP) is 0.996. The van der Waals surface area contributed by atoms with E-state index in [0.29, 0.717) is 24.6 Å². The number of carbonyl (C=O) groups is 2. The molecule has 5 nitrogen and oxygen atoms in total. The Labute approximate surface area is 150 Å². The molecule has 2 N–H and O–H groups in total. The maximum absolute atomic E-state index is 12.4. The summed E-state index contributed by atoms with van der Waals surface area (Å²) in [6.07, 6.45) is 4.98. The first-order chi connectivity index (χ1) is 12.2. The van der Waals surface area contributed by atoms with Gasteiger partial charge in [-0.2, -0.15) is 0 Å². The first-order valence-electron chi connectivity index (χ1n) is 9.67. The lowest BCUT2D eigenvalue weighted by Gasteiger charge is -2.29. The van der Waals surface area contributed by atoms with Crippen LogP contribution >= 0.6 is 0 Å². The summed E-state index contributed by atoms with van der Waals surface area (Å²) in [5, 5.41) is 3.18. The third kappa shape index (κ3) is 4.82. The molecule has 2 amide bonds. The van der Waals surface area contributed by atoms with E-state index in [-0.39, 0.29) is 11.8 Å². The number of benzene rings is 1. The monoisotopic (exact) mass is 344 g/mol. The molecule has 3 rings (SSSR count). The lowest BCUT2D eigenvalue weighted by atomic mass is 10.0. The van der Waals surface area contributed by atoms with E-state index < -0.39 is 0 Å². The molecule has 0 saturated carbocycles. The van der Waals surface area contributed by atoms with Crippen molar-refractivity contribution in [3.8, 4) is 0 Å². The standard InChI is InChI=1S/C20H29N3O2/c1-2-11-22-13-9-18(10-14-22)21-20(25)17-7-5-16(6-8-17)15-23-12-3-4-19(23)24/h5-8,18H,2-4,9-15H2,1H3,(H,21,25)/p+1. The van der Waals surface area contributed by atoms with E-state index in [9.17, 15) is 9.59 Å². The molecule has 0 aliphatic carbocycles. The van der Waals surface area contributed by atoms with E-state index in [1.165, 1.54) is 13.0 Å². The number of amides is 2. The SMILES string of the molecule is CCC[NH+]1CCC(NC(=O)c2ccc(CN3CCCC3=O)cc2)CC1. The highest BCUT2D eigenvalue weighted by molar-refractivity contribution is 5.94. The highest BCUT2D eigenvalue weighted by Gasteiger charge is 2.23. The quantitative estimate of drug-likeness (QED) is 0.809. The fourth-order valence-corrected chi connectivity index (χ4v) is 3.90. The largest absolute Gasteiger partial charge is 0.349 e. The number of hydrogen-bond acceptors (Lipinski definition) is 2. The number of piperidine rings is 1. The molecule has 0 aromatic heterocycles. The fraction of sp³-hybridized carbons (Fsp3) is 0.600. The topological polar surface area (TPSA) is 53.9 Å². The summed E-state index contributed by atoms with van der Waals surface area (Å²) >= 11 is 0. The maximum atomic E-state index is 12.4. The van der Waals surface area contributed by atoms with Crippen molar-refractivity contribution in [2.24, 2.45) is 0 Å². The molecule has 1 aromatic rings. The number of rotatable bonds is 6. The minimum absolute atomic E-state index is 0.0211. The van der Waals surface area contributed by atoms with Crippen molar-refractivity contribution in [2.75, 3.05) is 26.2 Å². The maximum Gasteiger partial charge on any atom is 0.251 e. The van der Waals surface area contributed by atoms with Gasteiger partial charge in [-0.25, -0.2) is 0 Å². The number of quaternary nitrogens is 1. The fourth-order valence-electron chi connectivity index (χ4n) is 3.90. The first-order valence-corrected chi connectivity index (χ1v) is 9.67. The molecule has 2 fully saturated rings. The van der Waals surface area contributed by atoms with Crippen LogP contribution in [0.25, 0.3) is 0 Å². The summed E-state index contributed by atoms with van der Waals surface area (Å²) in [6.45, 7) is 7.27. The zero-order valence-electron chi connectivity index (χ0n) is 15.2. The van der Waals surface area contributed by atoms with Gasteiger partial charge in [0.2, 0.25) is 5.91 Å². The average Bonchev–Trinajstić information content (AvgIpc) is 3.02. The predicted molar refractivity (Wildman–Crippen MR) is 97.4 cm³/mol. The highest BCUT2D eigenvalue weighted by atomic mass is 16.2. The molecule has 0 bridgehead atoms. The van der Waals surface area contributed by atoms with Gasteiger partial charge in [-0.3, -0.25) is 9.59 Å². The summed E-state index contributed by atoms with van der Waals surface area (Å²) in [5.74, 6) is 0.256. The Balaban J connectivity index is 1.48. The van der Waals surface area contributed by atoms with E-state index >= 15 is 0 Å². The minimum atomic E-state index is 0.0211. The van der Waals surface area contributed by atoms with Crippen molar-refractivity contribution in [3.63, 3.8) is 0 Å². The van der Waals surface area contributed by atoms with Crippen LogP contribution in [0.5, 0.6) is 0 Å². The van der Waals surface area contributed by atoms with Crippen LogP contribution < -0.4 is 10.2 Å². The molecule has 0 radical (unpaired) electrons. The van der Waals surface area contributed by atoms with Gasteiger partial charge in [0.25, 0.3) is 5.91 Å². The summed E-state index contributed by atoms with van der Waals surface area (Å²) in [5.41, 5.74) is 1.79. The third-order valence-corrected chi connectivity index (χ3v) is 5.39. The van der Waals surface area contributed by atoms with E-state index in [0.717, 1.165) is 44.5 Å². The van der Waals surface area contributed by atoms with Gasteiger partial charge in [0, 0.05) is 44.0 Å². The number of carbonyl (C=O) groups excluding carboxylic acids is 2. The normalized spacial score (nSPS) is 23.7. The van der Waals surface area contributed by atoms with Gasteiger partial charge in [-0.1, -0.05) is 19.1 Å². The second kappa shape index (κ2) is 8.48. The van der Waals surface area contributed by atoms with E-state index in [2.05, 4.69) is 12.2 Å². The molecule has 136 valence electrons. The summed E-state index contributed by atoms with van der Waals surface area (Å²) in [6, 6.07) is 7.99. The van der Waals surface area contributed by atoms with Gasteiger partial charge in [0.05, 0.1) is 19.6 Å². The van der Waals surface area contributed by atoms with Crippen molar-refractivity contribution in [3.05, 3.63) is 35.4 Å². The van der Waals surface area contributed by atoms with Crippen LogP contribution in [-0.2, 0) is 11.3 Å². The van der Waals surface area contributed by atoms with Crippen molar-refractivity contribution < 1.29 is 14.5 Å². The molecule has 0 atom stereocenters. The Morgan fingerprint density at radius 1 is 1.24 bits per heavy atom. The molecule has 2 aliphatic heterocycles. The Morgan fingerprint density at radius 3 is 2.56 bits per heavy atom. The van der Waals surface area contributed by atoms with Gasteiger partial charge in [0.15, 0.2) is 0 Å². The molecular weight excluding hydrogens is 314 g/mol. The van der Waals surface area contributed by atoms with Crippen molar-refractivity contribution in [2.45, 2.75) is 51.6 Å². The molecule has 2 saturated heterocycles. The van der Waals surface area contributed by atoms with Crippen LogP contribution in [0.15, 0.2) is 24.3 Å². The summed E-state index contributed by atoms with van der Waals surface area (Å²) in [7, 11) is 0. The van der Waals surface area contributed by atoms with Gasteiger partial charge < -0.3 is 15.1 Å². The second-order valence-electron chi connectivity index (χ2n) is 7.36. The van der Waals surface area contributed by atoms with Gasteiger partial charge in [-0.05, 0) is 30.5 Å². The van der Waals surface area contributed by atoms with Crippen molar-refractivity contribution in [1.82, 2.24) is 10.2 Å². The minimum Gasteiger partial charge on any atom is -0.349 e. The van der Waals surface area contributed by atoms with Crippen LogP contribution in [-0.4, -0.2) is 48.9 Å². The molecule has 2 heterocycles. The summed E-state index contributed by atoms with van der Waals surface area (Å²) < 4.78 is 0. The van der Waals surface area contributed by atoms with Crippen LogP contribution in [0.4, 0.5) is 0 Å². The Morgan fingerprint density at radius 2 is 1.96 bits per heavy atom. The number of hydrogen-bond donors (Lipinski definition) is 2. The van der Waals surface area contributed by atoms with Crippen LogP contribution in [0, 0.1) is 0 Å². The first kappa shape index (κ1) is 17.9. The third-order valence-electron chi connectivity index (χ3n) is 5.39. The van der Waals surface area contributed by atoms with Crippen LogP contribution in [0.2, 0.25) is 0 Å². The lowest BCUT2D eigenvalue weighted by Crippen LogP contribution is -3.13. The van der Waals surface area contributed by atoms with Gasteiger partial charge in [0.1, 0.15) is 0 Å². The molecular formula is C20H30N3O2+. The van der Waals surface area contributed by atoms with Gasteiger partial charge >= 0.3 is 0 Å². The zero-order chi connectivity index (χ0) is 17.6. The highest BCUT2D eigenvalue weighted by Crippen LogP contribution is 2.15. The molecule has 5 heteroatoms. The number of nitrogens with zero attached hydrogens (tertiary/aromatic N) is 1. The second-order valence-corrected chi connectivity index (χ2v) is 7.36. The van der Waals surface area contributed by atoms with E-state index in [4.69, 9.17) is 0 Å². The lowest BCUT2D eigenvalue weighted by molar-refractivity contribution is -0.905. The summed E-state index contributed by atoms with van der Waals surface area (Å²) in [4.78, 5) is 27.7. The number of nitrogens with one attached hydrogen (secondary N) is 2. The van der Waals surface area contributed by atoms with Gasteiger partial charge in [-0.15, -0.1) is 0 Å². The molecule has 0 spiro atoms. The van der Waals surface area contributed by atoms with Crippen LogP contribution in [0.3, 0.4) is 0 Å². The Kier molecular flexibility index (Phi) is 6.08. The molecule has 1 aromatic carbocycles. The van der Waals surface area contributed by atoms with E-state index in [1.807, 2.05) is 29.2 Å². The average molecular weight is 344 g/mol. The van der Waals surface area contributed by atoms with Crippen molar-refractivity contribution >= 4 is 11.8 Å². The van der Waals surface area contributed by atoms with Crippen LogP contribution in [0.1, 0.15) is 54.9 Å².